The first-order valence-electron chi connectivity index (χ1n) is 6.17. The second kappa shape index (κ2) is 6.12. The number of sulfonamides is 1. The lowest BCUT2D eigenvalue weighted by Gasteiger charge is -2.07. The SMILES string of the molecule is Cc1[nH]nc(CN)c1S(=O)(=O)NCCc1ccncc1. The maximum Gasteiger partial charge on any atom is 0.244 e. The Morgan fingerprint density at radius 2 is 2.05 bits per heavy atom. The number of nitrogens with one attached hydrogen (secondary N) is 2. The van der Waals surface area contributed by atoms with E-state index in [1.807, 2.05) is 12.1 Å². The molecule has 0 saturated carbocycles. The number of hydrogen-bond acceptors (Lipinski definition) is 5. The molecular weight excluding hydrogens is 278 g/mol. The zero-order valence-corrected chi connectivity index (χ0v) is 11.9. The van der Waals surface area contributed by atoms with E-state index < -0.39 is 10.0 Å². The van der Waals surface area contributed by atoms with Gasteiger partial charge < -0.3 is 5.73 Å². The van der Waals surface area contributed by atoms with Gasteiger partial charge in [-0.3, -0.25) is 10.1 Å². The monoisotopic (exact) mass is 295 g/mol. The molecule has 0 spiro atoms. The predicted octanol–water partition coefficient (Wildman–Crippen LogP) is 0.0928. The van der Waals surface area contributed by atoms with E-state index in [0.717, 1.165) is 5.56 Å². The van der Waals surface area contributed by atoms with E-state index in [9.17, 15) is 8.42 Å². The second-order valence-corrected chi connectivity index (χ2v) is 6.04. The van der Waals surface area contributed by atoms with Crippen molar-refractivity contribution in [2.75, 3.05) is 6.54 Å². The molecule has 2 heterocycles. The van der Waals surface area contributed by atoms with Gasteiger partial charge in [0.1, 0.15) is 4.90 Å². The van der Waals surface area contributed by atoms with Gasteiger partial charge in [-0.25, -0.2) is 13.1 Å². The number of rotatable bonds is 6. The number of aromatic nitrogens is 3. The summed E-state index contributed by atoms with van der Waals surface area (Å²) in [7, 11) is -3.60. The normalized spacial score (nSPS) is 11.7. The lowest BCUT2D eigenvalue weighted by Crippen LogP contribution is -2.27. The van der Waals surface area contributed by atoms with Crippen molar-refractivity contribution < 1.29 is 8.42 Å². The summed E-state index contributed by atoms with van der Waals surface area (Å²) in [6.45, 7) is 2.04. The van der Waals surface area contributed by atoms with E-state index in [-0.39, 0.29) is 11.4 Å². The topological polar surface area (TPSA) is 114 Å². The van der Waals surface area contributed by atoms with Crippen LogP contribution < -0.4 is 10.5 Å². The van der Waals surface area contributed by atoms with Crippen LogP contribution in [0.2, 0.25) is 0 Å². The van der Waals surface area contributed by atoms with Crippen LogP contribution in [-0.4, -0.2) is 30.1 Å². The first kappa shape index (κ1) is 14.6. The molecule has 7 nitrogen and oxygen atoms in total. The van der Waals surface area contributed by atoms with Crippen molar-refractivity contribution in [3.05, 3.63) is 41.5 Å². The quantitative estimate of drug-likeness (QED) is 0.699. The summed E-state index contributed by atoms with van der Waals surface area (Å²) in [6, 6.07) is 3.70. The third-order valence-electron chi connectivity index (χ3n) is 2.88. The summed E-state index contributed by atoms with van der Waals surface area (Å²) in [6.07, 6.45) is 3.95. The van der Waals surface area contributed by atoms with Crippen molar-refractivity contribution in [3.63, 3.8) is 0 Å². The fraction of sp³-hybridized carbons (Fsp3) is 0.333. The Bertz CT molecular complexity index is 666. The number of pyridine rings is 1. The van der Waals surface area contributed by atoms with Gasteiger partial charge in [0.25, 0.3) is 0 Å². The standard InChI is InChI=1S/C12H17N5O2S/c1-9-12(11(8-13)17-16-9)20(18,19)15-7-4-10-2-5-14-6-3-10/h2-3,5-6,15H,4,7-8,13H2,1H3,(H,16,17). The molecule has 0 aliphatic rings. The third-order valence-corrected chi connectivity index (χ3v) is 4.54. The number of nitrogens with two attached hydrogens (primary N) is 1. The van der Waals surface area contributed by atoms with Gasteiger partial charge in [-0.05, 0) is 31.0 Å². The van der Waals surface area contributed by atoms with Gasteiger partial charge in [-0.2, -0.15) is 5.10 Å². The molecule has 0 amide bonds. The van der Waals surface area contributed by atoms with Gasteiger partial charge in [-0.1, -0.05) is 0 Å². The van der Waals surface area contributed by atoms with Gasteiger partial charge in [0.15, 0.2) is 0 Å². The highest BCUT2D eigenvalue weighted by molar-refractivity contribution is 7.89. The summed E-state index contributed by atoms with van der Waals surface area (Å²) < 4.78 is 27.1. The van der Waals surface area contributed by atoms with Crippen molar-refractivity contribution in [2.45, 2.75) is 24.8 Å². The van der Waals surface area contributed by atoms with E-state index in [1.54, 1.807) is 19.3 Å². The molecule has 0 aromatic carbocycles. The molecule has 2 aromatic rings. The molecule has 0 fully saturated rings. The van der Waals surface area contributed by atoms with Gasteiger partial charge in [0, 0.05) is 25.5 Å². The highest BCUT2D eigenvalue weighted by Gasteiger charge is 2.22. The minimum Gasteiger partial charge on any atom is -0.325 e. The van der Waals surface area contributed by atoms with Crippen LogP contribution in [0.15, 0.2) is 29.4 Å². The molecule has 108 valence electrons. The van der Waals surface area contributed by atoms with Gasteiger partial charge >= 0.3 is 0 Å². The molecule has 0 aliphatic carbocycles. The smallest absolute Gasteiger partial charge is 0.244 e. The zero-order valence-electron chi connectivity index (χ0n) is 11.1. The molecule has 0 atom stereocenters. The van der Waals surface area contributed by atoms with Crippen molar-refractivity contribution in [2.24, 2.45) is 5.73 Å². The second-order valence-electron chi connectivity index (χ2n) is 4.33. The first-order valence-corrected chi connectivity index (χ1v) is 7.65. The van der Waals surface area contributed by atoms with Crippen LogP contribution in [0.25, 0.3) is 0 Å². The van der Waals surface area contributed by atoms with Crippen molar-refractivity contribution in [1.29, 1.82) is 0 Å². The predicted molar refractivity (Wildman–Crippen MR) is 74.3 cm³/mol. The Kier molecular flexibility index (Phi) is 4.48. The summed E-state index contributed by atoms with van der Waals surface area (Å²) >= 11 is 0. The molecule has 2 aromatic heterocycles. The summed E-state index contributed by atoms with van der Waals surface area (Å²) in [4.78, 5) is 4.06. The Labute approximate surface area is 117 Å². The summed E-state index contributed by atoms with van der Waals surface area (Å²) in [5.41, 5.74) is 7.35. The first-order chi connectivity index (χ1) is 9.54. The van der Waals surface area contributed by atoms with Gasteiger partial charge in [0.2, 0.25) is 10.0 Å². The van der Waals surface area contributed by atoms with Crippen LogP contribution in [0, 0.1) is 6.92 Å². The van der Waals surface area contributed by atoms with Crippen LogP contribution in [-0.2, 0) is 23.0 Å². The molecular formula is C12H17N5O2S. The molecule has 8 heteroatoms. The van der Waals surface area contributed by atoms with Crippen LogP contribution in [0.1, 0.15) is 17.0 Å². The molecule has 20 heavy (non-hydrogen) atoms. The minimum absolute atomic E-state index is 0.0743. The summed E-state index contributed by atoms with van der Waals surface area (Å²) in [5.74, 6) is 0. The molecule has 4 N–H and O–H groups in total. The maximum absolute atomic E-state index is 12.2. The fourth-order valence-electron chi connectivity index (χ4n) is 1.92. The van der Waals surface area contributed by atoms with Crippen molar-refractivity contribution in [3.8, 4) is 0 Å². The largest absolute Gasteiger partial charge is 0.325 e. The number of aryl methyl sites for hydroxylation is 1. The Morgan fingerprint density at radius 1 is 1.35 bits per heavy atom. The van der Waals surface area contributed by atoms with Crippen molar-refractivity contribution >= 4 is 10.0 Å². The van der Waals surface area contributed by atoms with E-state index in [0.29, 0.717) is 24.4 Å². The van der Waals surface area contributed by atoms with Gasteiger partial charge in [-0.15, -0.1) is 0 Å². The molecule has 0 bridgehead atoms. The Morgan fingerprint density at radius 3 is 2.70 bits per heavy atom. The molecule has 0 saturated heterocycles. The van der Waals surface area contributed by atoms with E-state index >= 15 is 0 Å². The zero-order chi connectivity index (χ0) is 14.6. The number of hydrogen-bond donors (Lipinski definition) is 3. The van der Waals surface area contributed by atoms with Crippen LogP contribution in [0.4, 0.5) is 0 Å². The third kappa shape index (κ3) is 3.21. The highest BCUT2D eigenvalue weighted by atomic mass is 32.2. The molecule has 2 rings (SSSR count). The lowest BCUT2D eigenvalue weighted by molar-refractivity contribution is 0.580. The van der Waals surface area contributed by atoms with Crippen LogP contribution in [0.5, 0.6) is 0 Å². The average molecular weight is 295 g/mol. The minimum atomic E-state index is -3.60. The number of aromatic amines is 1. The lowest BCUT2D eigenvalue weighted by atomic mass is 10.2. The number of nitrogens with zero attached hydrogens (tertiary/aromatic N) is 2. The van der Waals surface area contributed by atoms with Crippen molar-refractivity contribution in [1.82, 2.24) is 19.9 Å². The Hall–Kier alpha value is -1.77. The van der Waals surface area contributed by atoms with Gasteiger partial charge in [0.05, 0.1) is 11.4 Å². The maximum atomic E-state index is 12.2. The van der Waals surface area contributed by atoms with E-state index in [4.69, 9.17) is 5.73 Å². The molecule has 0 radical (unpaired) electrons. The molecule has 0 aliphatic heterocycles. The fourth-order valence-corrected chi connectivity index (χ4v) is 3.32. The molecule has 0 unspecified atom stereocenters. The summed E-state index contributed by atoms with van der Waals surface area (Å²) in [5, 5.41) is 6.53. The van der Waals surface area contributed by atoms with E-state index in [1.165, 1.54) is 0 Å². The Balaban J connectivity index is 2.06. The van der Waals surface area contributed by atoms with Crippen LogP contribution >= 0.6 is 0 Å². The average Bonchev–Trinajstić information content (AvgIpc) is 2.81. The number of H-pyrrole nitrogens is 1. The highest BCUT2D eigenvalue weighted by Crippen LogP contribution is 2.16. The van der Waals surface area contributed by atoms with E-state index in [2.05, 4.69) is 19.9 Å². The van der Waals surface area contributed by atoms with Crippen LogP contribution in [0.3, 0.4) is 0 Å².